The molecule has 158 valence electrons. The molecule has 0 heterocycles. The molecule has 1 aromatic rings. The number of rotatable bonds is 8. The molecule has 0 radical (unpaired) electrons. The van der Waals surface area contributed by atoms with Crippen molar-refractivity contribution in [3.05, 3.63) is 24.3 Å². The normalized spacial score (nSPS) is 12.4. The van der Waals surface area contributed by atoms with Gasteiger partial charge in [-0.05, 0) is 45.4 Å². The first-order chi connectivity index (χ1) is 12.8. The Bertz CT molecular complexity index is 798. The molecule has 9 heteroatoms. The Morgan fingerprint density at radius 2 is 1.71 bits per heavy atom. The summed E-state index contributed by atoms with van der Waals surface area (Å²) in [6, 6.07) is 6.02. The lowest BCUT2D eigenvalue weighted by Crippen LogP contribution is -2.37. The lowest BCUT2D eigenvalue weighted by Gasteiger charge is -2.21. The van der Waals surface area contributed by atoms with Gasteiger partial charge in [0.25, 0.3) is 0 Å². The van der Waals surface area contributed by atoms with E-state index < -0.39 is 27.1 Å². The summed E-state index contributed by atoms with van der Waals surface area (Å²) in [6.45, 7) is 10.9. The first-order valence-electron chi connectivity index (χ1n) is 9.15. The van der Waals surface area contributed by atoms with Crippen LogP contribution in [0.15, 0.2) is 29.2 Å². The Labute approximate surface area is 167 Å². The molecule has 8 nitrogen and oxygen atoms in total. The molecular weight excluding hydrogens is 382 g/mol. The highest BCUT2D eigenvalue weighted by Crippen LogP contribution is 2.23. The van der Waals surface area contributed by atoms with Crippen LogP contribution in [0.4, 0.5) is 10.5 Å². The number of carbonyl (C=O) groups excluding carboxylic acids is 2. The Morgan fingerprint density at radius 1 is 1.07 bits per heavy atom. The van der Waals surface area contributed by atoms with Crippen molar-refractivity contribution in [2.45, 2.75) is 58.5 Å². The molecule has 0 aliphatic heterocycles. The third-order valence-corrected chi connectivity index (χ3v) is 5.44. The van der Waals surface area contributed by atoms with E-state index >= 15 is 0 Å². The number of nitrogens with one attached hydrogen (secondary N) is 3. The lowest BCUT2D eigenvalue weighted by molar-refractivity contribution is -0.124. The number of alkyl carbamates (subject to hydrolysis) is 1. The van der Waals surface area contributed by atoms with E-state index in [1.807, 2.05) is 20.8 Å². The Morgan fingerprint density at radius 3 is 2.29 bits per heavy atom. The fourth-order valence-corrected chi connectivity index (χ4v) is 3.03. The summed E-state index contributed by atoms with van der Waals surface area (Å²) in [6.07, 6.45) is 0.0400. The van der Waals surface area contributed by atoms with Gasteiger partial charge in [-0.15, -0.1) is 0 Å². The van der Waals surface area contributed by atoms with Crippen molar-refractivity contribution in [3.63, 3.8) is 0 Å². The first-order valence-corrected chi connectivity index (χ1v) is 10.6. The second-order valence-corrected chi connectivity index (χ2v) is 9.81. The quantitative estimate of drug-likeness (QED) is 0.567. The van der Waals surface area contributed by atoms with Gasteiger partial charge in [0.1, 0.15) is 5.60 Å². The smallest absolute Gasteiger partial charge is 0.407 e. The van der Waals surface area contributed by atoms with Crippen LogP contribution in [0.2, 0.25) is 0 Å². The molecule has 2 amide bonds. The molecule has 0 saturated heterocycles. The van der Waals surface area contributed by atoms with Crippen molar-refractivity contribution in [2.24, 2.45) is 5.41 Å². The van der Waals surface area contributed by atoms with Gasteiger partial charge < -0.3 is 15.4 Å². The maximum Gasteiger partial charge on any atom is 0.407 e. The van der Waals surface area contributed by atoms with Crippen molar-refractivity contribution < 1.29 is 22.7 Å². The summed E-state index contributed by atoms with van der Waals surface area (Å²) < 4.78 is 32.3. The zero-order chi connectivity index (χ0) is 21.6. The van der Waals surface area contributed by atoms with Gasteiger partial charge in [0, 0.05) is 24.2 Å². The number of anilines is 1. The van der Waals surface area contributed by atoms with Gasteiger partial charge >= 0.3 is 6.09 Å². The average Bonchev–Trinajstić information content (AvgIpc) is 2.57. The molecule has 3 N–H and O–H groups in total. The zero-order valence-electron chi connectivity index (χ0n) is 17.4. The molecule has 0 saturated carbocycles. The molecule has 0 fully saturated rings. The minimum Gasteiger partial charge on any atom is -0.444 e. The lowest BCUT2D eigenvalue weighted by atomic mass is 9.89. The van der Waals surface area contributed by atoms with E-state index in [-0.39, 0.29) is 23.9 Å². The molecule has 1 aromatic carbocycles. The summed E-state index contributed by atoms with van der Waals surface area (Å²) in [4.78, 5) is 23.9. The number of ether oxygens (including phenoxy) is 1. The summed E-state index contributed by atoms with van der Waals surface area (Å²) in [7, 11) is -3.79. The number of hydrogen-bond acceptors (Lipinski definition) is 5. The zero-order valence-corrected chi connectivity index (χ0v) is 18.2. The summed E-state index contributed by atoms with van der Waals surface area (Å²) in [5.74, 6) is -0.181. The molecule has 0 aliphatic rings. The van der Waals surface area contributed by atoms with Gasteiger partial charge in [-0.2, -0.15) is 0 Å². The van der Waals surface area contributed by atoms with E-state index in [2.05, 4.69) is 15.4 Å². The molecule has 0 unspecified atom stereocenters. The van der Waals surface area contributed by atoms with Crippen LogP contribution < -0.4 is 15.4 Å². The molecule has 28 heavy (non-hydrogen) atoms. The predicted octanol–water partition coefficient (Wildman–Crippen LogP) is 2.86. The Balaban J connectivity index is 2.67. The third kappa shape index (κ3) is 7.85. The molecule has 1 rings (SSSR count). The molecule has 0 aliphatic carbocycles. The topological polar surface area (TPSA) is 114 Å². The monoisotopic (exact) mass is 413 g/mol. The summed E-state index contributed by atoms with van der Waals surface area (Å²) in [5.41, 5.74) is -0.775. The fourth-order valence-electron chi connectivity index (χ4n) is 1.95. The maximum atomic E-state index is 12.4. The van der Waals surface area contributed by atoms with Crippen LogP contribution in [0.3, 0.4) is 0 Å². The molecule has 0 spiro atoms. The van der Waals surface area contributed by atoms with E-state index in [0.29, 0.717) is 12.1 Å². The Kier molecular flexibility index (Phi) is 8.01. The van der Waals surface area contributed by atoms with Crippen LogP contribution in [-0.2, 0) is 19.6 Å². The molecule has 0 atom stereocenters. The number of hydrogen-bond donors (Lipinski definition) is 3. The van der Waals surface area contributed by atoms with Crippen molar-refractivity contribution in [1.82, 2.24) is 10.0 Å². The largest absolute Gasteiger partial charge is 0.444 e. The van der Waals surface area contributed by atoms with Gasteiger partial charge in [0.05, 0.1) is 4.90 Å². The average molecular weight is 414 g/mol. The predicted molar refractivity (Wildman–Crippen MR) is 109 cm³/mol. The van der Waals surface area contributed by atoms with E-state index in [9.17, 15) is 18.0 Å². The minimum absolute atomic E-state index is 0.00102. The van der Waals surface area contributed by atoms with Crippen molar-refractivity contribution >= 4 is 27.7 Å². The number of carbonyl (C=O) groups is 2. The minimum atomic E-state index is -3.79. The van der Waals surface area contributed by atoms with E-state index in [1.54, 1.807) is 32.9 Å². The van der Waals surface area contributed by atoms with Gasteiger partial charge in [-0.25, -0.2) is 17.9 Å². The van der Waals surface area contributed by atoms with Gasteiger partial charge in [-0.3, -0.25) is 4.79 Å². The first kappa shape index (κ1) is 23.9. The third-order valence-electron chi connectivity index (χ3n) is 3.99. The van der Waals surface area contributed by atoms with E-state index in [4.69, 9.17) is 4.74 Å². The fraction of sp³-hybridized carbons (Fsp3) is 0.579. The number of benzene rings is 1. The van der Waals surface area contributed by atoms with Crippen LogP contribution in [0.25, 0.3) is 0 Å². The highest BCUT2D eigenvalue weighted by molar-refractivity contribution is 7.89. The van der Waals surface area contributed by atoms with Crippen molar-refractivity contribution in [1.29, 1.82) is 0 Å². The van der Waals surface area contributed by atoms with Crippen molar-refractivity contribution in [2.75, 3.05) is 18.4 Å². The second-order valence-electron chi connectivity index (χ2n) is 8.05. The van der Waals surface area contributed by atoms with Gasteiger partial charge in [0.2, 0.25) is 15.9 Å². The SMILES string of the molecule is CCC(C)(C)C(=O)Nc1cccc(S(=O)(=O)NCCNC(=O)OC(C)(C)C)c1. The number of sulfonamides is 1. The maximum absolute atomic E-state index is 12.4. The molecule has 0 aromatic heterocycles. The Hall–Kier alpha value is -2.13. The summed E-state index contributed by atoms with van der Waals surface area (Å²) >= 11 is 0. The molecular formula is C19H31N3O5S. The van der Waals surface area contributed by atoms with Crippen molar-refractivity contribution in [3.8, 4) is 0 Å². The molecule has 0 bridgehead atoms. The van der Waals surface area contributed by atoms with Crippen LogP contribution >= 0.6 is 0 Å². The standard InChI is InChI=1S/C19H31N3O5S/c1-7-19(5,6)16(23)22-14-9-8-10-15(13-14)28(25,26)21-12-11-20-17(24)27-18(2,3)4/h8-10,13,21H,7,11-12H2,1-6H3,(H,20,24)(H,22,23). The van der Waals surface area contributed by atoms with E-state index in [0.717, 1.165) is 0 Å². The number of amides is 2. The second kappa shape index (κ2) is 9.38. The van der Waals surface area contributed by atoms with Crippen LogP contribution in [0.5, 0.6) is 0 Å². The summed E-state index contributed by atoms with van der Waals surface area (Å²) in [5, 5.41) is 5.22. The van der Waals surface area contributed by atoms with Gasteiger partial charge in [-0.1, -0.05) is 26.8 Å². The highest BCUT2D eigenvalue weighted by atomic mass is 32.2. The van der Waals surface area contributed by atoms with Crippen LogP contribution in [-0.4, -0.2) is 39.1 Å². The van der Waals surface area contributed by atoms with Crippen LogP contribution in [0, 0.1) is 5.41 Å². The van der Waals surface area contributed by atoms with Crippen LogP contribution in [0.1, 0.15) is 48.0 Å². The highest BCUT2D eigenvalue weighted by Gasteiger charge is 2.25. The van der Waals surface area contributed by atoms with Gasteiger partial charge in [0.15, 0.2) is 0 Å². The van der Waals surface area contributed by atoms with E-state index in [1.165, 1.54) is 12.1 Å².